The van der Waals surface area contributed by atoms with Crippen LogP contribution < -0.4 is 5.32 Å². The maximum atomic E-state index is 12.4. The number of nitrogens with one attached hydrogen (secondary N) is 1. The monoisotopic (exact) mass is 440 g/mol. The van der Waals surface area contributed by atoms with Gasteiger partial charge in [0.05, 0.1) is 24.0 Å². The molecule has 1 saturated heterocycles. The number of aliphatic imine (C=N–C) groups is 1. The van der Waals surface area contributed by atoms with Crippen LogP contribution in [0.2, 0.25) is 10.0 Å². The molecule has 152 valence electrons. The van der Waals surface area contributed by atoms with Crippen LogP contribution in [-0.4, -0.2) is 46.6 Å². The molecule has 0 spiro atoms. The van der Waals surface area contributed by atoms with E-state index in [4.69, 9.17) is 28.3 Å². The molecule has 0 aliphatic carbocycles. The van der Waals surface area contributed by atoms with E-state index in [0.29, 0.717) is 35.2 Å². The first-order chi connectivity index (χ1) is 14.5. The number of carbonyl (C=O) groups excluding carboxylic acids is 1. The van der Waals surface area contributed by atoms with Gasteiger partial charge >= 0.3 is 0 Å². The van der Waals surface area contributed by atoms with E-state index in [1.165, 1.54) is 0 Å². The van der Waals surface area contributed by atoms with E-state index in [9.17, 15) is 10.1 Å². The average molecular weight is 441 g/mol. The first-order valence-corrected chi connectivity index (χ1v) is 10.2. The van der Waals surface area contributed by atoms with Gasteiger partial charge in [-0.05, 0) is 36.8 Å². The van der Waals surface area contributed by atoms with Crippen LogP contribution in [0.5, 0.6) is 0 Å². The summed E-state index contributed by atoms with van der Waals surface area (Å²) in [5.41, 5.74) is 2.19. The van der Waals surface area contributed by atoms with Crippen molar-refractivity contribution in [1.29, 1.82) is 5.26 Å². The van der Waals surface area contributed by atoms with Gasteiger partial charge < -0.3 is 4.90 Å². The molecular weight excluding hydrogens is 423 g/mol. The Morgan fingerprint density at radius 1 is 1.20 bits per heavy atom. The molecule has 2 aliphatic heterocycles. The molecule has 1 N–H and O–H groups in total. The number of amides is 1. The zero-order valence-corrected chi connectivity index (χ0v) is 17.4. The van der Waals surface area contributed by atoms with Gasteiger partial charge in [-0.3, -0.25) is 10.1 Å². The molecule has 30 heavy (non-hydrogen) atoms. The van der Waals surface area contributed by atoms with Crippen LogP contribution in [-0.2, 0) is 4.79 Å². The van der Waals surface area contributed by atoms with Crippen LogP contribution in [0.15, 0.2) is 58.6 Å². The molecular formula is C21H18Cl2N6O. The fourth-order valence-corrected chi connectivity index (χ4v) is 3.92. The van der Waals surface area contributed by atoms with Gasteiger partial charge in [0.1, 0.15) is 0 Å². The number of nitrogens with zero attached hydrogens (tertiary/aromatic N) is 5. The minimum Gasteiger partial charge on any atom is -0.332 e. The Morgan fingerprint density at radius 2 is 2.00 bits per heavy atom. The lowest BCUT2D eigenvalue weighted by Gasteiger charge is -2.25. The second-order valence-electron chi connectivity index (χ2n) is 6.93. The van der Waals surface area contributed by atoms with Gasteiger partial charge in [0.25, 0.3) is 0 Å². The summed E-state index contributed by atoms with van der Waals surface area (Å²) in [6.45, 7) is 1.06. The molecule has 0 radical (unpaired) electrons. The van der Waals surface area contributed by atoms with Crippen LogP contribution in [0.1, 0.15) is 18.4 Å². The zero-order valence-electron chi connectivity index (χ0n) is 15.9. The van der Waals surface area contributed by atoms with Gasteiger partial charge in [-0.2, -0.15) is 10.4 Å². The van der Waals surface area contributed by atoms with Crippen molar-refractivity contribution in [2.75, 3.05) is 13.1 Å². The summed E-state index contributed by atoms with van der Waals surface area (Å²) in [4.78, 5) is 18.8. The van der Waals surface area contributed by atoms with Crippen molar-refractivity contribution in [3.05, 3.63) is 64.1 Å². The van der Waals surface area contributed by atoms with E-state index < -0.39 is 0 Å². The number of hydrogen-bond donors (Lipinski definition) is 1. The topological polar surface area (TPSA) is 84.1 Å². The predicted molar refractivity (Wildman–Crippen MR) is 117 cm³/mol. The molecule has 2 aromatic carbocycles. The fraction of sp³-hybridized carbons (Fsp3) is 0.238. The molecule has 2 heterocycles. The molecule has 2 aromatic rings. The summed E-state index contributed by atoms with van der Waals surface area (Å²) < 4.78 is 0. The highest BCUT2D eigenvalue weighted by Gasteiger charge is 2.38. The number of nitriles is 1. The third-order valence-corrected chi connectivity index (χ3v) is 5.46. The number of benzene rings is 2. The summed E-state index contributed by atoms with van der Waals surface area (Å²) in [7, 11) is 0. The zero-order chi connectivity index (χ0) is 21.1. The largest absolute Gasteiger partial charge is 0.332 e. The van der Waals surface area contributed by atoms with E-state index in [1.807, 2.05) is 23.2 Å². The van der Waals surface area contributed by atoms with Crippen LogP contribution >= 0.6 is 23.2 Å². The maximum absolute atomic E-state index is 12.4. The van der Waals surface area contributed by atoms with Gasteiger partial charge in [0, 0.05) is 28.6 Å². The van der Waals surface area contributed by atoms with Gasteiger partial charge in [0.15, 0.2) is 6.19 Å². The number of guanidine groups is 1. The molecule has 1 amide bonds. The smallest absolute Gasteiger partial charge is 0.233 e. The van der Waals surface area contributed by atoms with Crippen LogP contribution in [0.4, 0.5) is 5.69 Å². The molecule has 0 aromatic heterocycles. The van der Waals surface area contributed by atoms with E-state index in [1.54, 1.807) is 41.4 Å². The Hall–Kier alpha value is -3.08. The lowest BCUT2D eigenvalue weighted by Crippen LogP contribution is -2.45. The molecule has 1 fully saturated rings. The highest BCUT2D eigenvalue weighted by molar-refractivity contribution is 6.31. The molecule has 0 bridgehead atoms. The summed E-state index contributed by atoms with van der Waals surface area (Å²) in [6, 6.07) is 14.1. The molecule has 1 unspecified atom stereocenters. The second-order valence-corrected chi connectivity index (χ2v) is 7.81. The Balaban J connectivity index is 1.72. The summed E-state index contributed by atoms with van der Waals surface area (Å²) in [5.74, 6) is 0.366. The van der Waals surface area contributed by atoms with Crippen molar-refractivity contribution >= 4 is 46.5 Å². The lowest BCUT2D eigenvalue weighted by molar-refractivity contribution is -0.128. The SMILES string of the molecule is N#CNC(=Nc1cccc(Cl)c1)N1CC(N2CCCC2=O)C(c2ccc(Cl)cc2)=N1. The van der Waals surface area contributed by atoms with Crippen LogP contribution in [0.25, 0.3) is 0 Å². The second kappa shape index (κ2) is 8.74. The number of carbonyl (C=O) groups is 1. The number of hydrazone groups is 1. The third kappa shape index (κ3) is 4.25. The van der Waals surface area contributed by atoms with Crippen molar-refractivity contribution in [2.45, 2.75) is 18.9 Å². The van der Waals surface area contributed by atoms with E-state index in [0.717, 1.165) is 17.7 Å². The molecule has 1 atom stereocenters. The Bertz CT molecular complexity index is 1060. The Kier molecular flexibility index (Phi) is 5.88. The average Bonchev–Trinajstić information content (AvgIpc) is 3.34. The van der Waals surface area contributed by atoms with Crippen LogP contribution in [0, 0.1) is 11.5 Å². The minimum atomic E-state index is -0.244. The van der Waals surface area contributed by atoms with Gasteiger partial charge in [0.2, 0.25) is 11.9 Å². The fourth-order valence-electron chi connectivity index (χ4n) is 3.61. The number of likely N-dealkylation sites (tertiary alicyclic amines) is 1. The van der Waals surface area contributed by atoms with E-state index in [-0.39, 0.29) is 17.9 Å². The maximum Gasteiger partial charge on any atom is 0.233 e. The quantitative estimate of drug-likeness (QED) is 0.340. The normalized spacial score (nSPS) is 19.1. The molecule has 2 aliphatic rings. The number of halogens is 2. The van der Waals surface area contributed by atoms with Crippen LogP contribution in [0.3, 0.4) is 0 Å². The molecule has 7 nitrogen and oxygen atoms in total. The van der Waals surface area contributed by atoms with Crippen molar-refractivity contribution < 1.29 is 4.79 Å². The molecule has 0 saturated carbocycles. The Labute approximate surface area is 184 Å². The summed E-state index contributed by atoms with van der Waals surface area (Å²) >= 11 is 12.1. The van der Waals surface area contributed by atoms with Gasteiger partial charge in [-0.25, -0.2) is 10.0 Å². The van der Waals surface area contributed by atoms with Gasteiger partial charge in [-0.1, -0.05) is 41.4 Å². The third-order valence-electron chi connectivity index (χ3n) is 4.97. The highest BCUT2D eigenvalue weighted by atomic mass is 35.5. The summed E-state index contributed by atoms with van der Waals surface area (Å²) in [5, 5.41) is 19.3. The van der Waals surface area contributed by atoms with Crippen molar-refractivity contribution in [1.82, 2.24) is 15.2 Å². The van der Waals surface area contributed by atoms with Crippen molar-refractivity contribution in [3.63, 3.8) is 0 Å². The highest BCUT2D eigenvalue weighted by Crippen LogP contribution is 2.25. The first kappa shape index (κ1) is 20.2. The minimum absolute atomic E-state index is 0.102. The van der Waals surface area contributed by atoms with E-state index >= 15 is 0 Å². The predicted octanol–water partition coefficient (Wildman–Crippen LogP) is 3.76. The van der Waals surface area contributed by atoms with Crippen molar-refractivity contribution in [2.24, 2.45) is 10.1 Å². The lowest BCUT2D eigenvalue weighted by atomic mass is 10.0. The molecule has 4 rings (SSSR count). The molecule has 9 heteroatoms. The summed E-state index contributed by atoms with van der Waals surface area (Å²) in [6.07, 6.45) is 3.27. The Morgan fingerprint density at radius 3 is 2.67 bits per heavy atom. The van der Waals surface area contributed by atoms with Gasteiger partial charge in [-0.15, -0.1) is 0 Å². The number of hydrogen-bond acceptors (Lipinski definition) is 4. The standard InChI is InChI=1S/C21H18Cl2N6O/c22-15-8-6-14(7-9-15)20-18(28-10-2-5-19(28)30)12-29(27-20)21(25-13-24)26-17-4-1-3-16(23)11-17/h1,3-4,6-9,11,18H,2,5,10,12H2,(H,25,26). The first-order valence-electron chi connectivity index (χ1n) is 9.46. The van der Waals surface area contributed by atoms with E-state index in [2.05, 4.69) is 10.3 Å². The number of rotatable bonds is 3. The van der Waals surface area contributed by atoms with Crippen molar-refractivity contribution in [3.8, 4) is 6.19 Å².